The highest BCUT2D eigenvalue weighted by atomic mass is 35.5. The van der Waals surface area contributed by atoms with E-state index < -0.39 is 23.7 Å². The van der Waals surface area contributed by atoms with Crippen LogP contribution in [0.3, 0.4) is 0 Å². The number of methoxy groups -OCH3 is 1. The number of aromatic amines is 1. The molecule has 0 spiro atoms. The molecule has 0 saturated carbocycles. The number of halogens is 4. The van der Waals surface area contributed by atoms with Gasteiger partial charge in [0.1, 0.15) is 6.20 Å². The molecule has 0 aliphatic carbocycles. The van der Waals surface area contributed by atoms with E-state index >= 15 is 0 Å². The molecule has 0 unspecified atom stereocenters. The quantitative estimate of drug-likeness (QED) is 0.595. The number of hydrogen-bond acceptors (Lipinski definition) is 4. The number of rotatable bonds is 6. The Morgan fingerprint density at radius 2 is 1.96 bits per heavy atom. The third-order valence-electron chi connectivity index (χ3n) is 2.93. The maximum atomic E-state index is 13.7. The van der Waals surface area contributed by atoms with Gasteiger partial charge in [0, 0.05) is 12.5 Å². The minimum atomic E-state index is -5.17. The Hall–Kier alpha value is -2.03. The largest absolute Gasteiger partial charge is 0.464 e. The lowest BCUT2D eigenvalue weighted by Crippen LogP contribution is -2.69. The summed E-state index contributed by atoms with van der Waals surface area (Å²) in [7, 11) is 0.796. The summed E-state index contributed by atoms with van der Waals surface area (Å²) in [6, 6.07) is 2.51. The van der Waals surface area contributed by atoms with Gasteiger partial charge in [-0.1, -0.05) is 25.4 Å². The second kappa shape index (κ2) is 7.69. The molecule has 3 N–H and O–H groups in total. The Morgan fingerprint density at radius 3 is 2.38 bits per heavy atom. The maximum absolute atomic E-state index is 13.7. The molecule has 0 aromatic carbocycles. The van der Waals surface area contributed by atoms with E-state index in [1.54, 1.807) is 19.2 Å². The highest BCUT2D eigenvalue weighted by molar-refractivity contribution is 6.30. The number of H-pyrrole nitrogens is 1. The van der Waals surface area contributed by atoms with Gasteiger partial charge in [-0.25, -0.2) is 15.1 Å². The summed E-state index contributed by atoms with van der Waals surface area (Å²) < 4.78 is 45.2. The fourth-order valence-electron chi connectivity index (χ4n) is 1.86. The van der Waals surface area contributed by atoms with Crippen molar-refractivity contribution in [2.45, 2.75) is 32.1 Å². The molecule has 6 nitrogen and oxygen atoms in total. The number of pyridine rings is 1. The van der Waals surface area contributed by atoms with Crippen LogP contribution in [0.4, 0.5) is 19.0 Å². The molecule has 1 aromatic rings. The summed E-state index contributed by atoms with van der Waals surface area (Å²) in [6.07, 6.45) is -4.14. The molecular formula is C14H18ClF3N3O3+. The van der Waals surface area contributed by atoms with Gasteiger partial charge in [0.05, 0.1) is 12.1 Å². The monoisotopic (exact) mass is 368 g/mol. The first-order valence-electron chi connectivity index (χ1n) is 6.93. The number of ether oxygens (including phenoxy) is 1. The Balaban J connectivity index is 3.28. The third kappa shape index (κ3) is 4.73. The molecule has 24 heavy (non-hydrogen) atoms. The average molecular weight is 369 g/mol. The van der Waals surface area contributed by atoms with E-state index in [4.69, 9.17) is 11.6 Å². The first-order valence-corrected chi connectivity index (χ1v) is 7.31. The summed E-state index contributed by atoms with van der Waals surface area (Å²) in [5.41, 5.74) is -3.43. The molecule has 0 aliphatic rings. The zero-order valence-electron chi connectivity index (χ0n) is 13.3. The van der Waals surface area contributed by atoms with Crippen LogP contribution in [0.2, 0.25) is 5.02 Å². The van der Waals surface area contributed by atoms with Crippen LogP contribution >= 0.6 is 11.6 Å². The second-order valence-corrected chi connectivity index (χ2v) is 5.87. The van der Waals surface area contributed by atoms with Crippen molar-refractivity contribution in [1.29, 1.82) is 0 Å². The molecule has 1 heterocycles. The van der Waals surface area contributed by atoms with Gasteiger partial charge in [0.2, 0.25) is 5.91 Å². The predicted octanol–water partition coefficient (Wildman–Crippen LogP) is 2.16. The van der Waals surface area contributed by atoms with Crippen LogP contribution in [0.5, 0.6) is 0 Å². The molecule has 10 heteroatoms. The number of carbonyl (C=O) groups is 2. The van der Waals surface area contributed by atoms with Crippen LogP contribution in [-0.4, -0.2) is 30.8 Å². The maximum Gasteiger partial charge on any atom is 0.464 e. The van der Waals surface area contributed by atoms with Gasteiger partial charge < -0.3 is 4.74 Å². The van der Waals surface area contributed by atoms with Crippen molar-refractivity contribution < 1.29 is 32.5 Å². The number of aromatic nitrogens is 1. The average Bonchev–Trinajstić information content (AvgIpc) is 2.45. The number of anilines is 1. The van der Waals surface area contributed by atoms with Crippen molar-refractivity contribution in [3.8, 4) is 0 Å². The van der Waals surface area contributed by atoms with Crippen LogP contribution in [0.1, 0.15) is 20.3 Å². The lowest BCUT2D eigenvalue weighted by atomic mass is 10.1. The van der Waals surface area contributed by atoms with E-state index in [1.807, 2.05) is 5.32 Å². The molecule has 1 aromatic heterocycles. The SMILES string of the molecule is COC(=O)[C@@](NC(=O)CC(C)C)(Nc1ccc(Cl)c[nH+]1)C(F)(F)F. The number of carbonyl (C=O) groups excluding carboxylic acids is 2. The van der Waals surface area contributed by atoms with Crippen molar-refractivity contribution in [2.75, 3.05) is 12.4 Å². The van der Waals surface area contributed by atoms with E-state index in [0.29, 0.717) is 0 Å². The third-order valence-corrected chi connectivity index (χ3v) is 3.17. The molecule has 1 rings (SSSR count). The summed E-state index contributed by atoms with van der Waals surface area (Å²) in [5.74, 6) is -3.03. The fraction of sp³-hybridized carbons (Fsp3) is 0.500. The standard InChI is InChI=1S/C14H17ClF3N3O3/c1-8(2)6-11(22)21-13(12(23)24-3,14(16,17)18)20-10-5-4-9(15)7-19-10/h4-5,7-8H,6H2,1-3H3,(H,19,20)(H,21,22)/p+1/t13-/m0/s1. The minimum absolute atomic E-state index is 0.188. The molecule has 0 bridgehead atoms. The van der Waals surface area contributed by atoms with Gasteiger partial charge in [-0.2, -0.15) is 13.2 Å². The van der Waals surface area contributed by atoms with Gasteiger partial charge in [0.15, 0.2) is 0 Å². The zero-order valence-corrected chi connectivity index (χ0v) is 14.0. The summed E-state index contributed by atoms with van der Waals surface area (Å²) in [6.45, 7) is 3.32. The molecular weight excluding hydrogens is 351 g/mol. The first kappa shape index (κ1) is 20.0. The van der Waals surface area contributed by atoms with Crippen molar-refractivity contribution in [1.82, 2.24) is 5.32 Å². The molecule has 0 saturated heterocycles. The van der Waals surface area contributed by atoms with Crippen LogP contribution in [0, 0.1) is 5.92 Å². The second-order valence-electron chi connectivity index (χ2n) is 5.43. The van der Waals surface area contributed by atoms with Gasteiger partial charge >= 0.3 is 17.8 Å². The molecule has 0 fully saturated rings. The number of amides is 1. The topological polar surface area (TPSA) is 81.6 Å². The summed E-state index contributed by atoms with van der Waals surface area (Å²) in [5, 5.41) is 3.93. The molecule has 134 valence electrons. The van der Waals surface area contributed by atoms with Crippen molar-refractivity contribution in [2.24, 2.45) is 5.92 Å². The highest BCUT2D eigenvalue weighted by Crippen LogP contribution is 2.32. The summed E-state index contributed by atoms with van der Waals surface area (Å²) in [4.78, 5) is 26.3. The molecule has 1 atom stereocenters. The Morgan fingerprint density at radius 1 is 1.33 bits per heavy atom. The van der Waals surface area contributed by atoms with Crippen molar-refractivity contribution in [3.05, 3.63) is 23.4 Å². The van der Waals surface area contributed by atoms with Crippen LogP contribution in [0.15, 0.2) is 18.3 Å². The summed E-state index contributed by atoms with van der Waals surface area (Å²) >= 11 is 5.66. The van der Waals surface area contributed by atoms with Crippen molar-refractivity contribution in [3.63, 3.8) is 0 Å². The first-order chi connectivity index (χ1) is 11.0. The van der Waals surface area contributed by atoms with Gasteiger partial charge in [-0.05, 0) is 12.0 Å². The van der Waals surface area contributed by atoms with E-state index in [-0.39, 0.29) is 23.2 Å². The van der Waals surface area contributed by atoms with Crippen LogP contribution in [-0.2, 0) is 14.3 Å². The minimum Gasteiger partial charge on any atom is -0.464 e. The van der Waals surface area contributed by atoms with E-state index in [2.05, 4.69) is 9.72 Å². The van der Waals surface area contributed by atoms with Crippen LogP contribution in [0.25, 0.3) is 0 Å². The van der Waals surface area contributed by atoms with Crippen LogP contribution < -0.4 is 15.6 Å². The van der Waals surface area contributed by atoms with E-state index in [9.17, 15) is 22.8 Å². The lowest BCUT2D eigenvalue weighted by Gasteiger charge is -2.30. The lowest BCUT2D eigenvalue weighted by molar-refractivity contribution is -0.362. The predicted molar refractivity (Wildman–Crippen MR) is 80.0 cm³/mol. The Bertz CT molecular complexity index is 593. The smallest absolute Gasteiger partial charge is 0.464 e. The number of hydrogen-bond donors (Lipinski definition) is 2. The highest BCUT2D eigenvalue weighted by Gasteiger charge is 2.67. The Labute approximate surface area is 141 Å². The Kier molecular flexibility index (Phi) is 6.42. The molecule has 1 amide bonds. The molecule has 0 radical (unpaired) electrons. The fourth-order valence-corrected chi connectivity index (χ4v) is 1.98. The normalized spacial score (nSPS) is 14.0. The number of esters is 1. The van der Waals surface area contributed by atoms with Gasteiger partial charge in [-0.15, -0.1) is 0 Å². The van der Waals surface area contributed by atoms with Crippen molar-refractivity contribution >= 4 is 29.3 Å². The van der Waals surface area contributed by atoms with Gasteiger partial charge in [0.25, 0.3) is 5.82 Å². The number of nitrogens with one attached hydrogen (secondary N) is 3. The van der Waals surface area contributed by atoms with E-state index in [1.165, 1.54) is 18.3 Å². The zero-order chi connectivity index (χ0) is 18.5. The molecule has 0 aliphatic heterocycles. The van der Waals surface area contributed by atoms with E-state index in [0.717, 1.165) is 7.11 Å². The van der Waals surface area contributed by atoms with Gasteiger partial charge in [-0.3, -0.25) is 10.1 Å². The number of alkyl halides is 3.